The van der Waals surface area contributed by atoms with Gasteiger partial charge in [-0.1, -0.05) is 12.8 Å². The third kappa shape index (κ3) is 2.13. The summed E-state index contributed by atoms with van der Waals surface area (Å²) in [5, 5.41) is 4.10. The van der Waals surface area contributed by atoms with Crippen LogP contribution in [0.15, 0.2) is 12.4 Å². The minimum Gasteiger partial charge on any atom is -0.465 e. The first-order valence-electron chi connectivity index (χ1n) is 4.90. The van der Waals surface area contributed by atoms with Crippen LogP contribution in [0.4, 0.5) is 0 Å². The van der Waals surface area contributed by atoms with Crippen LogP contribution >= 0.6 is 0 Å². The highest BCUT2D eigenvalue weighted by Gasteiger charge is 2.20. The van der Waals surface area contributed by atoms with Crippen LogP contribution in [0.5, 0.6) is 0 Å². The Kier molecular flexibility index (Phi) is 2.52. The molecule has 0 saturated heterocycles. The number of rotatable bonds is 4. The summed E-state index contributed by atoms with van der Waals surface area (Å²) in [5.41, 5.74) is 0.531. The van der Waals surface area contributed by atoms with E-state index in [1.165, 1.54) is 26.4 Å². The summed E-state index contributed by atoms with van der Waals surface area (Å²) >= 11 is 0. The first-order chi connectivity index (χ1) is 6.79. The highest BCUT2D eigenvalue weighted by Crippen LogP contribution is 2.32. The maximum absolute atomic E-state index is 11.1. The molecule has 2 rings (SSSR count). The van der Waals surface area contributed by atoms with Gasteiger partial charge in [-0.15, -0.1) is 0 Å². The molecule has 4 heteroatoms. The van der Waals surface area contributed by atoms with E-state index in [1.54, 1.807) is 12.4 Å². The quantitative estimate of drug-likeness (QED) is 0.682. The SMILES string of the molecule is COC(=O)c1cnn(CCC2CC2)c1. The Morgan fingerprint density at radius 1 is 1.71 bits per heavy atom. The molecule has 4 nitrogen and oxygen atoms in total. The number of esters is 1. The van der Waals surface area contributed by atoms with Crippen LogP contribution in [-0.4, -0.2) is 22.9 Å². The number of methoxy groups -OCH3 is 1. The lowest BCUT2D eigenvalue weighted by Gasteiger charge is -1.98. The van der Waals surface area contributed by atoms with Crippen LogP contribution < -0.4 is 0 Å². The molecule has 0 aromatic carbocycles. The number of aryl methyl sites for hydroxylation is 1. The first kappa shape index (κ1) is 9.24. The average Bonchev–Trinajstić information content (AvgIpc) is 2.92. The summed E-state index contributed by atoms with van der Waals surface area (Å²) < 4.78 is 6.41. The zero-order valence-electron chi connectivity index (χ0n) is 8.27. The third-order valence-corrected chi connectivity index (χ3v) is 2.52. The van der Waals surface area contributed by atoms with Gasteiger partial charge in [-0.3, -0.25) is 4.68 Å². The standard InChI is InChI=1S/C10H14N2O2/c1-14-10(13)9-6-11-12(7-9)5-4-8-2-3-8/h6-8H,2-5H2,1H3. The molecule has 0 atom stereocenters. The summed E-state index contributed by atoms with van der Waals surface area (Å²) in [6, 6.07) is 0. The van der Waals surface area contributed by atoms with E-state index in [0.29, 0.717) is 5.56 Å². The number of nitrogens with zero attached hydrogens (tertiary/aromatic N) is 2. The Bertz CT molecular complexity index is 329. The zero-order chi connectivity index (χ0) is 9.97. The highest BCUT2D eigenvalue weighted by atomic mass is 16.5. The summed E-state index contributed by atoms with van der Waals surface area (Å²) in [7, 11) is 1.38. The van der Waals surface area contributed by atoms with Gasteiger partial charge in [0.2, 0.25) is 0 Å². The molecule has 14 heavy (non-hydrogen) atoms. The van der Waals surface area contributed by atoms with E-state index in [0.717, 1.165) is 12.5 Å². The summed E-state index contributed by atoms with van der Waals surface area (Å²) in [5.74, 6) is 0.573. The number of carbonyl (C=O) groups excluding carboxylic acids is 1. The Balaban J connectivity index is 1.91. The largest absolute Gasteiger partial charge is 0.465 e. The minimum atomic E-state index is -0.317. The number of hydrogen-bond acceptors (Lipinski definition) is 3. The van der Waals surface area contributed by atoms with Crippen LogP contribution in [0.25, 0.3) is 0 Å². The second kappa shape index (κ2) is 3.82. The van der Waals surface area contributed by atoms with Crippen molar-refractivity contribution in [2.45, 2.75) is 25.8 Å². The monoisotopic (exact) mass is 194 g/mol. The van der Waals surface area contributed by atoms with E-state index in [9.17, 15) is 4.79 Å². The van der Waals surface area contributed by atoms with E-state index in [1.807, 2.05) is 4.68 Å². The van der Waals surface area contributed by atoms with Crippen molar-refractivity contribution in [2.24, 2.45) is 5.92 Å². The fraction of sp³-hybridized carbons (Fsp3) is 0.600. The lowest BCUT2D eigenvalue weighted by Crippen LogP contribution is -2.01. The molecule has 0 aliphatic heterocycles. The van der Waals surface area contributed by atoms with Gasteiger partial charge in [0.05, 0.1) is 18.9 Å². The molecule has 1 saturated carbocycles. The number of ether oxygens (including phenoxy) is 1. The summed E-state index contributed by atoms with van der Waals surface area (Å²) in [4.78, 5) is 11.1. The Labute approximate surface area is 82.9 Å². The molecular weight excluding hydrogens is 180 g/mol. The Morgan fingerprint density at radius 3 is 3.14 bits per heavy atom. The van der Waals surface area contributed by atoms with Gasteiger partial charge in [0, 0.05) is 12.7 Å². The molecule has 1 aliphatic carbocycles. The smallest absolute Gasteiger partial charge is 0.341 e. The molecule has 0 unspecified atom stereocenters. The van der Waals surface area contributed by atoms with Gasteiger partial charge in [0.15, 0.2) is 0 Å². The van der Waals surface area contributed by atoms with E-state index in [4.69, 9.17) is 0 Å². The fourth-order valence-corrected chi connectivity index (χ4v) is 1.43. The van der Waals surface area contributed by atoms with Crippen molar-refractivity contribution < 1.29 is 9.53 Å². The van der Waals surface area contributed by atoms with Crippen LogP contribution in [0.1, 0.15) is 29.6 Å². The molecule has 1 heterocycles. The third-order valence-electron chi connectivity index (χ3n) is 2.52. The summed E-state index contributed by atoms with van der Waals surface area (Å²) in [6.07, 6.45) is 7.17. The van der Waals surface area contributed by atoms with Crippen molar-refractivity contribution in [1.82, 2.24) is 9.78 Å². The number of aromatic nitrogens is 2. The van der Waals surface area contributed by atoms with Crippen LogP contribution in [0.3, 0.4) is 0 Å². The predicted molar refractivity (Wildman–Crippen MR) is 50.9 cm³/mol. The lowest BCUT2D eigenvalue weighted by atomic mass is 10.3. The van der Waals surface area contributed by atoms with Crippen molar-refractivity contribution >= 4 is 5.97 Å². The number of carbonyl (C=O) groups is 1. The maximum Gasteiger partial charge on any atom is 0.341 e. The van der Waals surface area contributed by atoms with Crippen molar-refractivity contribution in [3.63, 3.8) is 0 Å². The molecule has 1 aliphatic rings. The molecule has 1 aromatic heterocycles. The normalized spacial score (nSPS) is 15.5. The van der Waals surface area contributed by atoms with Crippen molar-refractivity contribution in [3.05, 3.63) is 18.0 Å². The summed E-state index contributed by atoms with van der Waals surface area (Å²) in [6.45, 7) is 0.904. The number of hydrogen-bond donors (Lipinski definition) is 0. The molecule has 1 fully saturated rings. The molecular formula is C10H14N2O2. The molecule has 0 radical (unpaired) electrons. The van der Waals surface area contributed by atoms with E-state index < -0.39 is 0 Å². The minimum absolute atomic E-state index is 0.317. The fourth-order valence-electron chi connectivity index (χ4n) is 1.43. The molecule has 0 N–H and O–H groups in total. The average molecular weight is 194 g/mol. The van der Waals surface area contributed by atoms with Gasteiger partial charge in [-0.25, -0.2) is 4.79 Å². The molecule has 76 valence electrons. The Hall–Kier alpha value is -1.32. The molecule has 1 aromatic rings. The van der Waals surface area contributed by atoms with Gasteiger partial charge < -0.3 is 4.74 Å². The van der Waals surface area contributed by atoms with Gasteiger partial charge >= 0.3 is 5.97 Å². The lowest BCUT2D eigenvalue weighted by molar-refractivity contribution is 0.0600. The zero-order valence-corrected chi connectivity index (χ0v) is 8.27. The van der Waals surface area contributed by atoms with E-state index in [2.05, 4.69) is 9.84 Å². The first-order valence-corrected chi connectivity index (χ1v) is 4.90. The Morgan fingerprint density at radius 2 is 2.50 bits per heavy atom. The molecule has 0 bridgehead atoms. The maximum atomic E-state index is 11.1. The van der Waals surface area contributed by atoms with Crippen LogP contribution in [0.2, 0.25) is 0 Å². The van der Waals surface area contributed by atoms with Crippen molar-refractivity contribution in [3.8, 4) is 0 Å². The van der Waals surface area contributed by atoms with Crippen LogP contribution in [-0.2, 0) is 11.3 Å². The van der Waals surface area contributed by atoms with Gasteiger partial charge in [-0.05, 0) is 12.3 Å². The predicted octanol–water partition coefficient (Wildman–Crippen LogP) is 1.47. The van der Waals surface area contributed by atoms with Gasteiger partial charge in [0.25, 0.3) is 0 Å². The van der Waals surface area contributed by atoms with Gasteiger partial charge in [0.1, 0.15) is 0 Å². The van der Waals surface area contributed by atoms with Crippen molar-refractivity contribution in [2.75, 3.05) is 7.11 Å². The topological polar surface area (TPSA) is 44.1 Å². The second-order valence-electron chi connectivity index (χ2n) is 3.72. The molecule has 0 spiro atoms. The van der Waals surface area contributed by atoms with E-state index in [-0.39, 0.29) is 5.97 Å². The molecule has 0 amide bonds. The van der Waals surface area contributed by atoms with E-state index >= 15 is 0 Å². The highest BCUT2D eigenvalue weighted by molar-refractivity contribution is 5.88. The van der Waals surface area contributed by atoms with Crippen LogP contribution in [0, 0.1) is 5.92 Å². The second-order valence-corrected chi connectivity index (χ2v) is 3.72. The van der Waals surface area contributed by atoms with Crippen molar-refractivity contribution in [1.29, 1.82) is 0 Å². The van der Waals surface area contributed by atoms with Gasteiger partial charge in [-0.2, -0.15) is 5.10 Å².